The van der Waals surface area contributed by atoms with Crippen molar-refractivity contribution in [2.75, 3.05) is 14.2 Å². The summed E-state index contributed by atoms with van der Waals surface area (Å²) in [7, 11) is 2.82. The number of hydrogen-bond acceptors (Lipinski definition) is 4. The largest absolute Gasteiger partial charge is 0.466 e. The molecule has 0 bridgehead atoms. The number of likely N-dealkylation sites (N-methyl/N-ethyl adjacent to an activating group) is 1. The van der Waals surface area contributed by atoms with Crippen LogP contribution in [0.2, 0.25) is 0 Å². The molecule has 0 saturated heterocycles. The zero-order valence-corrected chi connectivity index (χ0v) is 15.8. The van der Waals surface area contributed by atoms with Crippen molar-refractivity contribution in [3.63, 3.8) is 0 Å². The molecule has 2 N–H and O–H groups in total. The van der Waals surface area contributed by atoms with Gasteiger partial charge in [-0.2, -0.15) is 0 Å². The quantitative estimate of drug-likeness (QED) is 0.520. The van der Waals surface area contributed by atoms with Gasteiger partial charge in [-0.3, -0.25) is 9.59 Å². The van der Waals surface area contributed by atoms with E-state index in [2.05, 4.69) is 15.4 Å². The van der Waals surface area contributed by atoms with Crippen LogP contribution in [0.3, 0.4) is 0 Å². The number of nitrogens with one attached hydrogen (secondary N) is 2. The SMILES string of the molecule is CNC(=O)[C@H](Cc1ccccc1)NC(=O)C(/C=C/C(=O)OC)CC(C)C. The first-order valence-corrected chi connectivity index (χ1v) is 8.69. The highest BCUT2D eigenvalue weighted by atomic mass is 16.5. The second kappa shape index (κ2) is 11.1. The number of hydrogen-bond donors (Lipinski definition) is 2. The summed E-state index contributed by atoms with van der Waals surface area (Å²) in [6.07, 6.45) is 3.73. The van der Waals surface area contributed by atoms with Crippen LogP contribution in [0.4, 0.5) is 0 Å². The molecule has 6 heteroatoms. The van der Waals surface area contributed by atoms with Gasteiger partial charge in [-0.05, 0) is 17.9 Å². The Kier molecular flexibility index (Phi) is 9.12. The van der Waals surface area contributed by atoms with Crippen molar-refractivity contribution < 1.29 is 19.1 Å². The third-order valence-electron chi connectivity index (χ3n) is 3.89. The Balaban J connectivity index is 2.90. The molecule has 2 amide bonds. The monoisotopic (exact) mass is 360 g/mol. The number of carbonyl (C=O) groups is 3. The minimum atomic E-state index is -0.684. The van der Waals surface area contributed by atoms with Gasteiger partial charge in [-0.15, -0.1) is 0 Å². The molecule has 0 fully saturated rings. The van der Waals surface area contributed by atoms with E-state index in [1.807, 2.05) is 44.2 Å². The highest BCUT2D eigenvalue weighted by molar-refractivity contribution is 5.90. The Morgan fingerprint density at radius 2 is 1.77 bits per heavy atom. The van der Waals surface area contributed by atoms with E-state index >= 15 is 0 Å². The van der Waals surface area contributed by atoms with Crippen LogP contribution in [-0.4, -0.2) is 38.0 Å². The first kappa shape index (κ1) is 21.4. The predicted molar refractivity (Wildman–Crippen MR) is 100 cm³/mol. The molecular weight excluding hydrogens is 332 g/mol. The highest BCUT2D eigenvalue weighted by Gasteiger charge is 2.24. The Morgan fingerprint density at radius 1 is 1.12 bits per heavy atom. The first-order chi connectivity index (χ1) is 12.4. The second-order valence-corrected chi connectivity index (χ2v) is 6.48. The molecule has 0 spiro atoms. The van der Waals surface area contributed by atoms with Gasteiger partial charge in [0.25, 0.3) is 0 Å². The van der Waals surface area contributed by atoms with E-state index in [1.54, 1.807) is 0 Å². The lowest BCUT2D eigenvalue weighted by atomic mass is 9.95. The smallest absolute Gasteiger partial charge is 0.330 e. The van der Waals surface area contributed by atoms with E-state index < -0.39 is 17.9 Å². The number of esters is 1. The van der Waals surface area contributed by atoms with E-state index in [4.69, 9.17) is 0 Å². The minimum Gasteiger partial charge on any atom is -0.466 e. The zero-order valence-electron chi connectivity index (χ0n) is 15.8. The lowest BCUT2D eigenvalue weighted by Crippen LogP contribution is -2.48. The molecule has 0 radical (unpaired) electrons. The van der Waals surface area contributed by atoms with E-state index in [0.29, 0.717) is 12.8 Å². The van der Waals surface area contributed by atoms with Crippen LogP contribution in [0.1, 0.15) is 25.8 Å². The summed E-state index contributed by atoms with van der Waals surface area (Å²) in [5.41, 5.74) is 0.951. The van der Waals surface area contributed by atoms with Crippen LogP contribution >= 0.6 is 0 Å². The maximum atomic E-state index is 12.7. The lowest BCUT2D eigenvalue weighted by Gasteiger charge is -2.21. The Morgan fingerprint density at radius 3 is 2.31 bits per heavy atom. The van der Waals surface area contributed by atoms with Crippen molar-refractivity contribution in [2.24, 2.45) is 11.8 Å². The van der Waals surface area contributed by atoms with Crippen molar-refractivity contribution >= 4 is 17.8 Å². The Labute approximate surface area is 155 Å². The molecule has 1 aromatic carbocycles. The molecule has 2 atom stereocenters. The van der Waals surface area contributed by atoms with Crippen LogP contribution in [0.25, 0.3) is 0 Å². The maximum Gasteiger partial charge on any atom is 0.330 e. The molecule has 0 aliphatic rings. The molecule has 0 aliphatic carbocycles. The van der Waals surface area contributed by atoms with Gasteiger partial charge in [-0.25, -0.2) is 4.79 Å². The van der Waals surface area contributed by atoms with E-state index in [1.165, 1.54) is 26.3 Å². The highest BCUT2D eigenvalue weighted by Crippen LogP contribution is 2.15. The topological polar surface area (TPSA) is 84.5 Å². The fourth-order valence-corrected chi connectivity index (χ4v) is 2.56. The van der Waals surface area contributed by atoms with Crippen LogP contribution in [0.15, 0.2) is 42.5 Å². The van der Waals surface area contributed by atoms with Gasteiger partial charge in [0.15, 0.2) is 0 Å². The zero-order chi connectivity index (χ0) is 19.5. The third-order valence-corrected chi connectivity index (χ3v) is 3.89. The van der Waals surface area contributed by atoms with Crippen molar-refractivity contribution in [1.29, 1.82) is 0 Å². The van der Waals surface area contributed by atoms with Crippen LogP contribution in [0.5, 0.6) is 0 Å². The standard InChI is InChI=1S/C20H28N2O4/c1-14(2)12-16(10-11-18(23)26-4)19(24)22-17(20(25)21-3)13-15-8-6-5-7-9-15/h5-11,14,16-17H,12-13H2,1-4H3,(H,21,25)(H,22,24)/b11-10+/t16?,17-/m0/s1. The van der Waals surface area contributed by atoms with E-state index in [9.17, 15) is 14.4 Å². The molecule has 0 saturated carbocycles. The summed E-state index contributed by atoms with van der Waals surface area (Å²) in [4.78, 5) is 36.2. The van der Waals surface area contributed by atoms with Gasteiger partial charge in [0, 0.05) is 19.5 Å². The molecule has 6 nitrogen and oxygen atoms in total. The second-order valence-electron chi connectivity index (χ2n) is 6.48. The Bertz CT molecular complexity index is 626. The fourth-order valence-electron chi connectivity index (χ4n) is 2.56. The number of methoxy groups -OCH3 is 1. The summed E-state index contributed by atoms with van der Waals surface area (Å²) in [6.45, 7) is 3.99. The maximum absolute atomic E-state index is 12.7. The summed E-state index contributed by atoms with van der Waals surface area (Å²) < 4.78 is 4.58. The summed E-state index contributed by atoms with van der Waals surface area (Å²) in [5.74, 6) is -1.33. The molecule has 26 heavy (non-hydrogen) atoms. The van der Waals surface area contributed by atoms with Crippen molar-refractivity contribution in [3.05, 3.63) is 48.0 Å². The molecule has 1 unspecified atom stereocenters. The molecule has 0 heterocycles. The average molecular weight is 360 g/mol. The number of benzene rings is 1. The first-order valence-electron chi connectivity index (χ1n) is 8.69. The molecule has 142 valence electrons. The van der Waals surface area contributed by atoms with Crippen LogP contribution in [-0.2, 0) is 25.5 Å². The van der Waals surface area contributed by atoms with E-state index in [0.717, 1.165) is 5.56 Å². The van der Waals surface area contributed by atoms with Crippen LogP contribution < -0.4 is 10.6 Å². The number of ether oxygens (including phenoxy) is 1. The molecule has 0 aromatic heterocycles. The lowest BCUT2D eigenvalue weighted by molar-refractivity contribution is -0.134. The minimum absolute atomic E-state index is 0.251. The summed E-state index contributed by atoms with van der Waals surface area (Å²) >= 11 is 0. The molecular formula is C20H28N2O4. The molecule has 1 rings (SSSR count). The average Bonchev–Trinajstić information content (AvgIpc) is 2.63. The van der Waals surface area contributed by atoms with Crippen molar-refractivity contribution in [3.8, 4) is 0 Å². The molecule has 1 aromatic rings. The third kappa shape index (κ3) is 7.51. The van der Waals surface area contributed by atoms with Crippen molar-refractivity contribution in [2.45, 2.75) is 32.7 Å². The van der Waals surface area contributed by atoms with Gasteiger partial charge in [0.05, 0.1) is 13.0 Å². The van der Waals surface area contributed by atoms with Crippen molar-refractivity contribution in [1.82, 2.24) is 10.6 Å². The number of carbonyl (C=O) groups excluding carboxylic acids is 3. The summed E-state index contributed by atoms with van der Waals surface area (Å²) in [6, 6.07) is 8.80. The van der Waals surface area contributed by atoms with Gasteiger partial charge in [0.2, 0.25) is 11.8 Å². The fraction of sp³-hybridized carbons (Fsp3) is 0.450. The Hall–Kier alpha value is -2.63. The van der Waals surface area contributed by atoms with Gasteiger partial charge < -0.3 is 15.4 Å². The van der Waals surface area contributed by atoms with E-state index in [-0.39, 0.29) is 17.7 Å². The summed E-state index contributed by atoms with van der Waals surface area (Å²) in [5, 5.41) is 5.39. The van der Waals surface area contributed by atoms with Gasteiger partial charge in [0.1, 0.15) is 6.04 Å². The number of rotatable bonds is 9. The number of amides is 2. The predicted octanol–water partition coefficient (Wildman–Crippen LogP) is 1.85. The van der Waals surface area contributed by atoms with Crippen LogP contribution in [0, 0.1) is 11.8 Å². The van der Waals surface area contributed by atoms with Gasteiger partial charge >= 0.3 is 5.97 Å². The normalized spacial score (nSPS) is 13.3. The van der Waals surface area contributed by atoms with Gasteiger partial charge in [-0.1, -0.05) is 50.3 Å². The molecule has 0 aliphatic heterocycles.